The van der Waals surface area contributed by atoms with E-state index in [2.05, 4.69) is 18.8 Å². The van der Waals surface area contributed by atoms with E-state index >= 15 is 0 Å². The highest BCUT2D eigenvalue weighted by molar-refractivity contribution is 5.28. The summed E-state index contributed by atoms with van der Waals surface area (Å²) in [6.45, 7) is 6.82. The quantitative estimate of drug-likeness (QED) is 0.798. The number of pyridine rings is 1. The predicted octanol–water partition coefficient (Wildman–Crippen LogP) is 2.14. The number of rotatable bonds is 4. The molecule has 78 valence electrons. The molecule has 0 spiro atoms. The van der Waals surface area contributed by atoms with E-state index in [1.807, 2.05) is 19.1 Å². The lowest BCUT2D eigenvalue weighted by Gasteiger charge is -2.13. The van der Waals surface area contributed by atoms with E-state index in [1.54, 1.807) is 6.20 Å². The van der Waals surface area contributed by atoms with Crippen molar-refractivity contribution in [3.8, 4) is 5.88 Å². The SMILES string of the molecule is CC(C)COc1ncccc1[C@@H](C)N. The lowest BCUT2D eigenvalue weighted by molar-refractivity contribution is 0.257. The molecule has 2 N–H and O–H groups in total. The summed E-state index contributed by atoms with van der Waals surface area (Å²) >= 11 is 0. The van der Waals surface area contributed by atoms with Gasteiger partial charge in [0.15, 0.2) is 0 Å². The van der Waals surface area contributed by atoms with Gasteiger partial charge in [-0.1, -0.05) is 19.9 Å². The Bertz CT molecular complexity index is 284. The molecule has 1 rings (SSSR count). The highest BCUT2D eigenvalue weighted by atomic mass is 16.5. The molecule has 0 aliphatic rings. The van der Waals surface area contributed by atoms with Gasteiger partial charge in [0.2, 0.25) is 5.88 Å². The number of nitrogens with two attached hydrogens (primary N) is 1. The van der Waals surface area contributed by atoms with Crippen LogP contribution in [-0.4, -0.2) is 11.6 Å². The Hall–Kier alpha value is -1.09. The van der Waals surface area contributed by atoms with Gasteiger partial charge in [0, 0.05) is 17.8 Å². The molecule has 3 heteroatoms. The van der Waals surface area contributed by atoms with Gasteiger partial charge in [-0.15, -0.1) is 0 Å². The molecule has 0 bridgehead atoms. The highest BCUT2D eigenvalue weighted by Gasteiger charge is 2.08. The van der Waals surface area contributed by atoms with Crippen molar-refractivity contribution in [3.05, 3.63) is 23.9 Å². The van der Waals surface area contributed by atoms with E-state index in [9.17, 15) is 0 Å². The number of hydrogen-bond acceptors (Lipinski definition) is 3. The average molecular weight is 194 g/mol. The van der Waals surface area contributed by atoms with Crippen LogP contribution >= 0.6 is 0 Å². The van der Waals surface area contributed by atoms with Crippen LogP contribution in [0.2, 0.25) is 0 Å². The molecule has 1 heterocycles. The second kappa shape index (κ2) is 4.96. The van der Waals surface area contributed by atoms with Gasteiger partial charge in [0.05, 0.1) is 6.61 Å². The summed E-state index contributed by atoms with van der Waals surface area (Å²) in [7, 11) is 0. The van der Waals surface area contributed by atoms with E-state index in [4.69, 9.17) is 10.5 Å². The zero-order valence-corrected chi connectivity index (χ0v) is 9.03. The van der Waals surface area contributed by atoms with Gasteiger partial charge >= 0.3 is 0 Å². The first-order chi connectivity index (χ1) is 6.61. The molecule has 14 heavy (non-hydrogen) atoms. The van der Waals surface area contributed by atoms with Crippen LogP contribution in [0.5, 0.6) is 5.88 Å². The number of aromatic nitrogens is 1. The van der Waals surface area contributed by atoms with Crippen LogP contribution in [0, 0.1) is 5.92 Å². The standard InChI is InChI=1S/C11H18N2O/c1-8(2)7-14-11-10(9(3)12)5-4-6-13-11/h4-6,8-9H,7,12H2,1-3H3/t9-/m1/s1. The molecular weight excluding hydrogens is 176 g/mol. The lowest BCUT2D eigenvalue weighted by atomic mass is 10.1. The van der Waals surface area contributed by atoms with E-state index in [0.717, 1.165) is 5.56 Å². The van der Waals surface area contributed by atoms with Gasteiger partial charge in [0.25, 0.3) is 0 Å². The van der Waals surface area contributed by atoms with Crippen molar-refractivity contribution in [2.75, 3.05) is 6.61 Å². The summed E-state index contributed by atoms with van der Waals surface area (Å²) in [5.74, 6) is 1.16. The van der Waals surface area contributed by atoms with Crippen LogP contribution in [0.25, 0.3) is 0 Å². The third-order valence-electron chi connectivity index (χ3n) is 1.84. The summed E-state index contributed by atoms with van der Waals surface area (Å²) in [4.78, 5) is 4.17. The predicted molar refractivity (Wildman–Crippen MR) is 57.2 cm³/mol. The Morgan fingerprint density at radius 1 is 1.43 bits per heavy atom. The monoisotopic (exact) mass is 194 g/mol. The van der Waals surface area contributed by atoms with Crippen molar-refractivity contribution in [2.24, 2.45) is 11.7 Å². The summed E-state index contributed by atoms with van der Waals surface area (Å²) in [6.07, 6.45) is 1.72. The third-order valence-corrected chi connectivity index (χ3v) is 1.84. The zero-order chi connectivity index (χ0) is 10.6. The van der Waals surface area contributed by atoms with Gasteiger partial charge < -0.3 is 10.5 Å². The minimum absolute atomic E-state index is 0.0362. The number of hydrogen-bond donors (Lipinski definition) is 1. The van der Waals surface area contributed by atoms with E-state index in [0.29, 0.717) is 18.4 Å². The molecule has 0 fully saturated rings. The molecule has 1 aromatic rings. The average Bonchev–Trinajstić information content (AvgIpc) is 2.15. The molecule has 0 aliphatic heterocycles. The smallest absolute Gasteiger partial charge is 0.218 e. The van der Waals surface area contributed by atoms with Crippen LogP contribution in [0.1, 0.15) is 32.4 Å². The molecular formula is C11H18N2O. The Balaban J connectivity index is 2.74. The second-order valence-corrected chi connectivity index (χ2v) is 3.89. The molecule has 0 saturated carbocycles. The second-order valence-electron chi connectivity index (χ2n) is 3.89. The van der Waals surface area contributed by atoms with E-state index in [1.165, 1.54) is 0 Å². The third kappa shape index (κ3) is 3.00. The van der Waals surface area contributed by atoms with Crippen molar-refractivity contribution in [1.29, 1.82) is 0 Å². The largest absolute Gasteiger partial charge is 0.477 e. The molecule has 1 atom stereocenters. The van der Waals surface area contributed by atoms with Gasteiger partial charge in [-0.25, -0.2) is 4.98 Å². The minimum atomic E-state index is -0.0362. The normalized spacial score (nSPS) is 12.9. The maximum absolute atomic E-state index is 5.80. The van der Waals surface area contributed by atoms with Crippen molar-refractivity contribution >= 4 is 0 Å². The Labute approximate surface area is 85.3 Å². The van der Waals surface area contributed by atoms with Gasteiger partial charge in [-0.05, 0) is 18.9 Å². The fourth-order valence-electron chi connectivity index (χ4n) is 1.12. The summed E-state index contributed by atoms with van der Waals surface area (Å²) < 4.78 is 5.57. The highest BCUT2D eigenvalue weighted by Crippen LogP contribution is 2.20. The lowest BCUT2D eigenvalue weighted by Crippen LogP contribution is -2.11. The Morgan fingerprint density at radius 3 is 2.71 bits per heavy atom. The van der Waals surface area contributed by atoms with Crippen LogP contribution < -0.4 is 10.5 Å². The van der Waals surface area contributed by atoms with Gasteiger partial charge in [-0.3, -0.25) is 0 Å². The molecule has 0 unspecified atom stereocenters. The van der Waals surface area contributed by atoms with Crippen LogP contribution in [0.15, 0.2) is 18.3 Å². The molecule has 0 aliphatic carbocycles. The molecule has 3 nitrogen and oxygen atoms in total. The topological polar surface area (TPSA) is 48.1 Å². The molecule has 0 saturated heterocycles. The van der Waals surface area contributed by atoms with Crippen LogP contribution in [0.4, 0.5) is 0 Å². The summed E-state index contributed by atoms with van der Waals surface area (Å²) in [5.41, 5.74) is 6.77. The number of ether oxygens (including phenoxy) is 1. The van der Waals surface area contributed by atoms with Gasteiger partial charge in [0.1, 0.15) is 0 Å². The van der Waals surface area contributed by atoms with E-state index < -0.39 is 0 Å². The zero-order valence-electron chi connectivity index (χ0n) is 9.03. The Morgan fingerprint density at radius 2 is 2.14 bits per heavy atom. The first kappa shape index (κ1) is 11.0. The first-order valence-electron chi connectivity index (χ1n) is 4.94. The first-order valence-corrected chi connectivity index (χ1v) is 4.94. The molecule has 0 radical (unpaired) electrons. The molecule has 1 aromatic heterocycles. The maximum Gasteiger partial charge on any atom is 0.218 e. The Kier molecular flexibility index (Phi) is 3.89. The van der Waals surface area contributed by atoms with Crippen LogP contribution in [0.3, 0.4) is 0 Å². The van der Waals surface area contributed by atoms with Crippen LogP contribution in [-0.2, 0) is 0 Å². The van der Waals surface area contributed by atoms with Crippen molar-refractivity contribution in [1.82, 2.24) is 4.98 Å². The molecule has 0 aromatic carbocycles. The molecule has 0 amide bonds. The fourth-order valence-corrected chi connectivity index (χ4v) is 1.12. The minimum Gasteiger partial charge on any atom is -0.477 e. The van der Waals surface area contributed by atoms with Crippen molar-refractivity contribution < 1.29 is 4.74 Å². The maximum atomic E-state index is 5.80. The summed E-state index contributed by atoms with van der Waals surface area (Å²) in [6, 6.07) is 3.79. The van der Waals surface area contributed by atoms with Gasteiger partial charge in [-0.2, -0.15) is 0 Å². The van der Waals surface area contributed by atoms with E-state index in [-0.39, 0.29) is 6.04 Å². The fraction of sp³-hybridized carbons (Fsp3) is 0.545. The number of nitrogens with zero attached hydrogens (tertiary/aromatic N) is 1. The summed E-state index contributed by atoms with van der Waals surface area (Å²) in [5, 5.41) is 0. The van der Waals surface area contributed by atoms with Crippen molar-refractivity contribution in [2.45, 2.75) is 26.8 Å². The van der Waals surface area contributed by atoms with Crippen molar-refractivity contribution in [3.63, 3.8) is 0 Å².